The molecule has 1 saturated heterocycles. The fourth-order valence-corrected chi connectivity index (χ4v) is 6.02. The quantitative estimate of drug-likeness (QED) is 0.445. The van der Waals surface area contributed by atoms with Crippen molar-refractivity contribution < 1.29 is 37.0 Å². The highest BCUT2D eigenvalue weighted by Crippen LogP contribution is 2.29. The van der Waals surface area contributed by atoms with E-state index in [9.17, 15) is 22.8 Å². The van der Waals surface area contributed by atoms with E-state index >= 15 is 0 Å². The first-order valence-corrected chi connectivity index (χ1v) is 16.7. The van der Waals surface area contributed by atoms with Gasteiger partial charge in [0, 0.05) is 43.9 Å². The molecule has 2 atom stereocenters. The van der Waals surface area contributed by atoms with Crippen LogP contribution in [-0.2, 0) is 37.2 Å². The minimum atomic E-state index is -3.33. The van der Waals surface area contributed by atoms with Crippen molar-refractivity contribution in [2.75, 3.05) is 33.0 Å². The lowest BCUT2D eigenvalue weighted by Gasteiger charge is -2.39. The molecule has 0 aliphatic carbocycles. The van der Waals surface area contributed by atoms with Crippen LogP contribution in [0.5, 0.6) is 17.2 Å². The van der Waals surface area contributed by atoms with E-state index in [-0.39, 0.29) is 61.3 Å². The Morgan fingerprint density at radius 1 is 1.04 bits per heavy atom. The Kier molecular flexibility index (Phi) is 10.0. The molecule has 0 radical (unpaired) electrons. The molecule has 45 heavy (non-hydrogen) atoms. The number of ether oxygens (including phenoxy) is 3. The number of likely N-dealkylation sites (tertiary alicyclic amines) is 1. The lowest BCUT2D eigenvalue weighted by molar-refractivity contribution is -0.136. The maximum atomic E-state index is 13.2. The number of rotatable bonds is 4. The zero-order valence-corrected chi connectivity index (χ0v) is 26.1. The molecule has 4 bridgehead atoms. The largest absolute Gasteiger partial charge is 0.497 e. The first-order chi connectivity index (χ1) is 21.6. The average molecular weight is 636 g/mol. The number of hydrogen-bond donors (Lipinski definition) is 2. The summed E-state index contributed by atoms with van der Waals surface area (Å²) in [6.45, 7) is 1.27. The smallest absolute Gasteiger partial charge is 0.251 e. The van der Waals surface area contributed by atoms with Crippen molar-refractivity contribution in [2.24, 2.45) is 0 Å². The molecule has 1 fully saturated rings. The Balaban J connectivity index is 1.31. The summed E-state index contributed by atoms with van der Waals surface area (Å²) in [5.74, 6) is 0.852. The van der Waals surface area contributed by atoms with Crippen molar-refractivity contribution in [3.05, 3.63) is 83.4 Å². The molecule has 3 amide bonds. The van der Waals surface area contributed by atoms with Crippen LogP contribution in [0.2, 0.25) is 0 Å². The lowest BCUT2D eigenvalue weighted by atomic mass is 10.00. The van der Waals surface area contributed by atoms with Crippen molar-refractivity contribution >= 4 is 27.6 Å². The van der Waals surface area contributed by atoms with Gasteiger partial charge in [-0.3, -0.25) is 14.4 Å². The van der Waals surface area contributed by atoms with Crippen LogP contribution in [0.4, 0.5) is 0 Å². The topological polar surface area (TPSA) is 140 Å². The standard InChI is InChI=1S/C33H37N3O8S/c1-42-26-17-24-18-27(19-26)44-25-6-3-5-23(15-25)21-43-30-12-14-36(20-29(30)35-31(37)7-4-13-34-33(24)39)32(38)16-22-8-10-28(11-9-22)45(2,40)41/h3,5-6,8-11,15,17-19,29-30H,4,7,12-14,16,20-21H2,1-2H3,(H,34,39)(H,35,37)/t29-,30-/m0/s1. The van der Waals surface area contributed by atoms with Gasteiger partial charge in [-0.1, -0.05) is 24.3 Å². The Hall–Kier alpha value is -4.42. The van der Waals surface area contributed by atoms with E-state index in [4.69, 9.17) is 14.2 Å². The van der Waals surface area contributed by atoms with Gasteiger partial charge in [-0.05, 0) is 60.4 Å². The monoisotopic (exact) mass is 635 g/mol. The summed E-state index contributed by atoms with van der Waals surface area (Å²) in [4.78, 5) is 41.0. The van der Waals surface area contributed by atoms with Crippen LogP contribution in [0, 0.1) is 0 Å². The molecular formula is C33H37N3O8S. The van der Waals surface area contributed by atoms with Crippen molar-refractivity contribution in [1.29, 1.82) is 0 Å². The van der Waals surface area contributed by atoms with E-state index in [1.54, 1.807) is 35.2 Å². The Morgan fingerprint density at radius 3 is 2.60 bits per heavy atom. The van der Waals surface area contributed by atoms with Gasteiger partial charge in [0.15, 0.2) is 9.84 Å². The van der Waals surface area contributed by atoms with Crippen molar-refractivity contribution in [3.8, 4) is 17.2 Å². The zero-order chi connectivity index (χ0) is 32.0. The third-order valence-corrected chi connectivity index (χ3v) is 8.93. The number of carbonyl (C=O) groups is 3. The molecule has 2 aliphatic heterocycles. The second kappa shape index (κ2) is 14.1. The van der Waals surface area contributed by atoms with Crippen LogP contribution in [0.15, 0.2) is 71.6 Å². The molecule has 3 aromatic rings. The molecule has 0 saturated carbocycles. The highest BCUT2D eigenvalue weighted by atomic mass is 32.2. The number of amides is 3. The number of hydrogen-bond acceptors (Lipinski definition) is 8. The number of piperidine rings is 1. The third-order valence-electron chi connectivity index (χ3n) is 7.80. The predicted molar refractivity (Wildman–Crippen MR) is 166 cm³/mol. The molecule has 2 heterocycles. The van der Waals surface area contributed by atoms with Gasteiger partial charge in [0.1, 0.15) is 17.2 Å². The van der Waals surface area contributed by atoms with E-state index < -0.39 is 15.9 Å². The van der Waals surface area contributed by atoms with Crippen LogP contribution in [0.25, 0.3) is 0 Å². The number of methoxy groups -OCH3 is 1. The number of sulfone groups is 1. The second-order valence-corrected chi connectivity index (χ2v) is 13.3. The van der Waals surface area contributed by atoms with E-state index in [0.717, 1.165) is 11.8 Å². The van der Waals surface area contributed by atoms with Gasteiger partial charge in [-0.25, -0.2) is 8.42 Å². The highest BCUT2D eigenvalue weighted by Gasteiger charge is 2.33. The van der Waals surface area contributed by atoms with E-state index in [0.29, 0.717) is 47.8 Å². The lowest BCUT2D eigenvalue weighted by Crippen LogP contribution is -2.57. The van der Waals surface area contributed by atoms with Crippen LogP contribution in [0.3, 0.4) is 0 Å². The summed E-state index contributed by atoms with van der Waals surface area (Å²) in [5.41, 5.74) is 1.93. The van der Waals surface area contributed by atoms with Crippen LogP contribution >= 0.6 is 0 Å². The SMILES string of the molecule is COc1cc2cc(c1)C(=O)NCCCC(=O)N[C@H]1CN(C(=O)Cc3ccc(S(C)(=O)=O)cc3)CC[C@@H]1OCc1cccc(c1)O2. The molecule has 0 spiro atoms. The van der Waals surface area contributed by atoms with Gasteiger partial charge >= 0.3 is 0 Å². The summed E-state index contributed by atoms with van der Waals surface area (Å²) in [7, 11) is -1.81. The molecule has 5 rings (SSSR count). The van der Waals surface area contributed by atoms with Crippen molar-refractivity contribution in [3.63, 3.8) is 0 Å². The van der Waals surface area contributed by atoms with Crippen LogP contribution in [-0.4, -0.2) is 76.2 Å². The Morgan fingerprint density at radius 2 is 1.84 bits per heavy atom. The van der Waals surface area contributed by atoms with E-state index in [1.165, 1.54) is 19.2 Å². The fraction of sp³-hybridized carbons (Fsp3) is 0.364. The first-order valence-electron chi connectivity index (χ1n) is 14.8. The van der Waals surface area contributed by atoms with E-state index in [1.807, 2.05) is 24.3 Å². The zero-order valence-electron chi connectivity index (χ0n) is 25.3. The molecule has 2 aliphatic rings. The van der Waals surface area contributed by atoms with Crippen molar-refractivity contribution in [2.45, 2.75) is 49.3 Å². The minimum Gasteiger partial charge on any atom is -0.497 e. The Labute approximate surface area is 262 Å². The number of fused-ring (bicyclic) bond motifs is 5. The van der Waals surface area contributed by atoms with Crippen LogP contribution in [0.1, 0.15) is 40.7 Å². The number of nitrogens with zero attached hydrogens (tertiary/aromatic N) is 1. The summed E-state index contributed by atoms with van der Waals surface area (Å²) in [5, 5.41) is 5.90. The highest BCUT2D eigenvalue weighted by molar-refractivity contribution is 7.90. The normalized spacial score (nSPS) is 19.6. The number of benzene rings is 3. The molecule has 0 aromatic heterocycles. The fourth-order valence-electron chi connectivity index (χ4n) is 5.39. The van der Waals surface area contributed by atoms with Gasteiger partial charge in [-0.15, -0.1) is 0 Å². The minimum absolute atomic E-state index is 0.108. The number of nitrogens with one attached hydrogen (secondary N) is 2. The third kappa shape index (κ3) is 8.61. The summed E-state index contributed by atoms with van der Waals surface area (Å²) >= 11 is 0. The van der Waals surface area contributed by atoms with Crippen LogP contribution < -0.4 is 20.1 Å². The average Bonchev–Trinajstić information content (AvgIpc) is 3.01. The van der Waals surface area contributed by atoms with E-state index in [2.05, 4.69) is 10.6 Å². The maximum Gasteiger partial charge on any atom is 0.251 e. The summed E-state index contributed by atoms with van der Waals surface area (Å²) in [6, 6.07) is 18.2. The molecule has 12 heteroatoms. The predicted octanol–water partition coefficient (Wildman–Crippen LogP) is 3.26. The van der Waals surface area contributed by atoms with Crippen molar-refractivity contribution in [1.82, 2.24) is 15.5 Å². The Bertz CT molecular complexity index is 1660. The molecule has 3 aromatic carbocycles. The molecule has 238 valence electrons. The van der Waals surface area contributed by atoms with Gasteiger partial charge in [0.25, 0.3) is 5.91 Å². The van der Waals surface area contributed by atoms with Gasteiger partial charge in [0.2, 0.25) is 11.8 Å². The van der Waals surface area contributed by atoms with Gasteiger partial charge < -0.3 is 29.7 Å². The summed E-state index contributed by atoms with van der Waals surface area (Å²) < 4.78 is 41.3. The molecule has 11 nitrogen and oxygen atoms in total. The number of carbonyl (C=O) groups excluding carboxylic acids is 3. The molecular weight excluding hydrogens is 598 g/mol. The first kappa shape index (κ1) is 32.0. The molecule has 2 N–H and O–H groups in total. The molecule has 0 unspecified atom stereocenters. The maximum absolute atomic E-state index is 13.2. The van der Waals surface area contributed by atoms with Gasteiger partial charge in [0.05, 0.1) is 37.2 Å². The van der Waals surface area contributed by atoms with Gasteiger partial charge in [-0.2, -0.15) is 0 Å². The second-order valence-electron chi connectivity index (χ2n) is 11.3. The summed E-state index contributed by atoms with van der Waals surface area (Å²) in [6.07, 6.45) is 2.02.